The highest BCUT2D eigenvalue weighted by Crippen LogP contribution is 2.47. The summed E-state index contributed by atoms with van der Waals surface area (Å²) in [5.74, 6) is -0.0385. The van der Waals surface area contributed by atoms with E-state index < -0.39 is 42.5 Å². The molecule has 3 aromatic rings. The fourth-order valence-electron chi connectivity index (χ4n) is 4.56. The highest BCUT2D eigenvalue weighted by Gasteiger charge is 2.55. The van der Waals surface area contributed by atoms with Gasteiger partial charge in [0, 0.05) is 20.3 Å². The topological polar surface area (TPSA) is 150 Å². The number of aryl methyl sites for hydroxylation is 1. The second-order valence-electron chi connectivity index (χ2n) is 10.0. The van der Waals surface area contributed by atoms with Gasteiger partial charge >= 0.3 is 5.97 Å². The molecule has 12 nitrogen and oxygen atoms in total. The summed E-state index contributed by atoms with van der Waals surface area (Å²) in [4.78, 5) is 26.7. The van der Waals surface area contributed by atoms with Crippen LogP contribution in [0.25, 0.3) is 11.2 Å². The van der Waals surface area contributed by atoms with Crippen LogP contribution in [0.15, 0.2) is 36.7 Å². The highest BCUT2D eigenvalue weighted by molar-refractivity contribution is 8.11. The number of esters is 1. The first-order chi connectivity index (χ1) is 18.9. The number of aromatic nitrogens is 4. The van der Waals surface area contributed by atoms with Crippen molar-refractivity contribution < 1.29 is 28.3 Å². The molecule has 1 unspecified atom stereocenters. The van der Waals surface area contributed by atoms with Crippen LogP contribution in [-0.4, -0.2) is 88.5 Å². The van der Waals surface area contributed by atoms with Crippen LogP contribution in [0.3, 0.4) is 0 Å². The molecule has 0 spiro atoms. The number of nitrogens with two attached hydrogens (primary N) is 1. The molecule has 1 aliphatic heterocycles. The molecule has 0 amide bonds. The Morgan fingerprint density at radius 3 is 2.73 bits per heavy atom. The lowest BCUT2D eigenvalue weighted by molar-refractivity contribution is -0.142. The van der Waals surface area contributed by atoms with E-state index in [0.29, 0.717) is 23.9 Å². The lowest BCUT2D eigenvalue weighted by Crippen LogP contribution is -2.41. The SMILES string of the molecule is COC(=O)[C@@H](C)NP(=S)(CCc1ccccc1)OC[C@H]1O[C@@H](n2cnc3c(N(C)C)nc(N)nc32)[C@](C)(F)[C@@H]1O. The minimum atomic E-state index is -2.86. The average Bonchev–Trinajstić information content (AvgIpc) is 3.43. The van der Waals surface area contributed by atoms with Crippen molar-refractivity contribution in [3.8, 4) is 0 Å². The van der Waals surface area contributed by atoms with Crippen molar-refractivity contribution in [1.82, 2.24) is 24.6 Å². The number of carbonyl (C=O) groups is 1. The van der Waals surface area contributed by atoms with Gasteiger partial charge in [-0.3, -0.25) is 14.4 Å². The van der Waals surface area contributed by atoms with Gasteiger partial charge in [-0.15, -0.1) is 0 Å². The Bertz CT molecular complexity index is 1390. The molecule has 218 valence electrons. The number of hydrogen-bond acceptors (Lipinski definition) is 11. The predicted molar refractivity (Wildman–Crippen MR) is 153 cm³/mol. The zero-order valence-corrected chi connectivity index (χ0v) is 24.7. The lowest BCUT2D eigenvalue weighted by atomic mass is 9.98. The first-order valence-electron chi connectivity index (χ1n) is 12.7. The van der Waals surface area contributed by atoms with E-state index in [9.17, 15) is 9.90 Å². The summed E-state index contributed by atoms with van der Waals surface area (Å²) in [7, 11) is 4.85. The molecule has 0 radical (unpaired) electrons. The van der Waals surface area contributed by atoms with Crippen LogP contribution in [0.4, 0.5) is 16.2 Å². The number of methoxy groups -OCH3 is 1. The van der Waals surface area contributed by atoms with Gasteiger partial charge in [-0.05, 0) is 25.8 Å². The fraction of sp³-hybridized carbons (Fsp3) is 0.520. The Morgan fingerprint density at radius 2 is 2.08 bits per heavy atom. The van der Waals surface area contributed by atoms with Crippen molar-refractivity contribution in [2.45, 2.75) is 50.4 Å². The number of nitrogens with one attached hydrogen (secondary N) is 1. The van der Waals surface area contributed by atoms with E-state index in [1.165, 1.54) is 24.9 Å². The normalized spacial score (nSPS) is 25.0. The second-order valence-corrected chi connectivity index (χ2v) is 14.1. The van der Waals surface area contributed by atoms with Crippen LogP contribution < -0.4 is 15.7 Å². The van der Waals surface area contributed by atoms with Gasteiger partial charge in [0.25, 0.3) is 0 Å². The van der Waals surface area contributed by atoms with E-state index in [-0.39, 0.29) is 18.2 Å². The van der Waals surface area contributed by atoms with Crippen LogP contribution in [0.1, 0.15) is 25.6 Å². The first kappa shape index (κ1) is 30.2. The van der Waals surface area contributed by atoms with E-state index >= 15 is 4.39 Å². The monoisotopic (exact) mass is 595 g/mol. The molecule has 0 bridgehead atoms. The molecule has 0 aliphatic carbocycles. The van der Waals surface area contributed by atoms with Gasteiger partial charge in [0.2, 0.25) is 5.95 Å². The summed E-state index contributed by atoms with van der Waals surface area (Å²) >= 11 is 5.89. The number of carbonyl (C=O) groups excluding carboxylic acids is 1. The summed E-state index contributed by atoms with van der Waals surface area (Å²) < 4.78 is 34.5. The number of ether oxygens (including phenoxy) is 2. The Labute approximate surface area is 237 Å². The third kappa shape index (κ3) is 6.27. The maximum atomic E-state index is 16.1. The minimum Gasteiger partial charge on any atom is -0.468 e. The molecule has 2 aromatic heterocycles. The largest absolute Gasteiger partial charge is 0.468 e. The van der Waals surface area contributed by atoms with Crippen molar-refractivity contribution >= 4 is 47.1 Å². The maximum Gasteiger partial charge on any atom is 0.322 e. The smallest absolute Gasteiger partial charge is 0.322 e. The van der Waals surface area contributed by atoms with Crippen molar-refractivity contribution in [3.05, 3.63) is 42.2 Å². The summed E-state index contributed by atoms with van der Waals surface area (Å²) in [5, 5.41) is 14.1. The molecular formula is C25H35FN7O5PS. The number of hydrogen-bond donors (Lipinski definition) is 3. The Kier molecular flexibility index (Phi) is 9.08. The molecule has 4 rings (SSSR count). The van der Waals surface area contributed by atoms with Gasteiger partial charge in [-0.1, -0.05) is 42.1 Å². The molecule has 6 atom stereocenters. The number of anilines is 2. The number of nitrogens with zero attached hydrogens (tertiary/aromatic N) is 5. The number of fused-ring (bicyclic) bond motifs is 1. The van der Waals surface area contributed by atoms with Crippen LogP contribution in [-0.2, 0) is 37.0 Å². The van der Waals surface area contributed by atoms with Crippen molar-refractivity contribution in [3.63, 3.8) is 0 Å². The predicted octanol–water partition coefficient (Wildman–Crippen LogP) is 2.18. The summed E-state index contributed by atoms with van der Waals surface area (Å²) in [6.45, 7) is 2.67. The molecule has 1 aromatic carbocycles. The Morgan fingerprint density at radius 1 is 1.38 bits per heavy atom. The van der Waals surface area contributed by atoms with Gasteiger partial charge < -0.3 is 29.7 Å². The third-order valence-corrected chi connectivity index (χ3v) is 10.1. The van der Waals surface area contributed by atoms with Gasteiger partial charge in [0.1, 0.15) is 24.7 Å². The van der Waals surface area contributed by atoms with Crippen LogP contribution >= 0.6 is 6.42 Å². The van der Waals surface area contributed by atoms with Gasteiger partial charge in [0.15, 0.2) is 28.9 Å². The third-order valence-electron chi connectivity index (χ3n) is 6.74. The quantitative estimate of drug-likeness (QED) is 0.220. The molecule has 0 saturated carbocycles. The summed E-state index contributed by atoms with van der Waals surface area (Å²) in [6.07, 6.45) is -4.40. The van der Waals surface area contributed by atoms with E-state index in [1.807, 2.05) is 30.3 Å². The molecule has 3 heterocycles. The standard InChI is InChI=1S/C25H35FN7O5PS/c1-15(22(35)36-5)31-39(40,12-11-16-9-7-6-8-10-16)37-13-17-19(34)25(2,26)23(38-17)33-14-28-18-20(32(3)4)29-24(27)30-21(18)33/h6-10,14-15,17,19,23,34H,11-13H2,1-5H3,(H,31,40)(H2,27,29,30)/t15-,17-,19-,23-,25-,39?/m1/s1. The summed E-state index contributed by atoms with van der Waals surface area (Å²) in [6, 6.07) is 8.99. The van der Waals surface area contributed by atoms with Crippen molar-refractivity contribution in [2.24, 2.45) is 0 Å². The van der Waals surface area contributed by atoms with Crippen molar-refractivity contribution in [2.75, 3.05) is 44.6 Å². The number of imidazole rings is 1. The molecule has 1 fully saturated rings. The van der Waals surface area contributed by atoms with Gasteiger partial charge in [-0.2, -0.15) is 9.97 Å². The number of aliphatic hydroxyl groups is 1. The zero-order chi connectivity index (χ0) is 29.2. The first-order valence-corrected chi connectivity index (χ1v) is 15.6. The number of halogens is 1. The molecule has 1 saturated heterocycles. The molecule has 1 aliphatic rings. The molecule has 4 N–H and O–H groups in total. The summed E-state index contributed by atoms with van der Waals surface area (Å²) in [5.41, 5.74) is 5.39. The lowest BCUT2D eigenvalue weighted by Gasteiger charge is -2.28. The number of nitrogen functional groups attached to an aromatic ring is 1. The fourth-order valence-corrected chi connectivity index (χ4v) is 7.46. The van der Waals surface area contributed by atoms with Crippen molar-refractivity contribution in [1.29, 1.82) is 0 Å². The van der Waals surface area contributed by atoms with E-state index in [2.05, 4.69) is 20.0 Å². The van der Waals surface area contributed by atoms with Crippen LogP contribution in [0.2, 0.25) is 0 Å². The molecule has 40 heavy (non-hydrogen) atoms. The van der Waals surface area contributed by atoms with E-state index in [1.54, 1.807) is 25.9 Å². The number of alkyl halides is 1. The number of aliphatic hydroxyl groups excluding tert-OH is 1. The zero-order valence-electron chi connectivity index (χ0n) is 23.0. The molecular weight excluding hydrogens is 560 g/mol. The number of benzene rings is 1. The molecule has 15 heteroatoms. The maximum absolute atomic E-state index is 16.1. The second kappa shape index (κ2) is 12.0. The van der Waals surface area contributed by atoms with E-state index in [0.717, 1.165) is 5.56 Å². The van der Waals surface area contributed by atoms with E-state index in [4.69, 9.17) is 31.5 Å². The van der Waals surface area contributed by atoms with Gasteiger partial charge in [0.05, 0.1) is 20.0 Å². The van der Waals surface area contributed by atoms with Crippen LogP contribution in [0, 0.1) is 0 Å². The minimum absolute atomic E-state index is 0.0122. The Balaban J connectivity index is 1.56. The van der Waals surface area contributed by atoms with Crippen LogP contribution in [0.5, 0.6) is 0 Å². The average molecular weight is 596 g/mol. The number of rotatable bonds is 11. The highest BCUT2D eigenvalue weighted by atomic mass is 32.4. The van der Waals surface area contributed by atoms with Gasteiger partial charge in [-0.25, -0.2) is 9.37 Å². The Hall–Kier alpha value is -2.74.